The van der Waals surface area contributed by atoms with Gasteiger partial charge in [0.15, 0.2) is 0 Å². The van der Waals surface area contributed by atoms with Crippen LogP contribution in [0.5, 0.6) is 0 Å². The molecule has 0 heterocycles. The lowest BCUT2D eigenvalue weighted by molar-refractivity contribution is -0.145. The molecular formula is C25H27NO3S. The number of carbonyl (C=O) groups is 2. The largest absolute Gasteiger partial charge is 0.338 e. The second-order valence-electron chi connectivity index (χ2n) is 8.20. The highest BCUT2D eigenvalue weighted by Gasteiger charge is 2.32. The average molecular weight is 422 g/mol. The van der Waals surface area contributed by atoms with Crippen molar-refractivity contribution in [1.29, 1.82) is 0 Å². The first-order chi connectivity index (χ1) is 14.7. The Labute approximate surface area is 182 Å². The minimum absolute atomic E-state index is 0.0333. The van der Waals surface area contributed by atoms with Crippen LogP contribution in [0.15, 0.2) is 69.5 Å². The zero-order valence-corrected chi connectivity index (χ0v) is 17.9. The van der Waals surface area contributed by atoms with Crippen molar-refractivity contribution in [2.75, 3.05) is 0 Å². The molecule has 2 aliphatic carbocycles. The topological polar surface area (TPSA) is 55.7 Å². The third-order valence-electron chi connectivity index (χ3n) is 5.72. The summed E-state index contributed by atoms with van der Waals surface area (Å²) < 4.78 is 0. The van der Waals surface area contributed by atoms with E-state index in [2.05, 4.69) is 17.3 Å². The molecule has 156 valence electrons. The standard InChI is InChI=1S/C25H27NO3S/c27-24(19-13-15-22(16-14-19)30-21-9-5-2-6-10-21)23(17-18-7-3-1-4-8-18)26-29-25(28)20-11-12-20/h2,5-6,9-10,13-16,18,20H,1,3-4,7-8,11-12,17H2/b26-23+. The summed E-state index contributed by atoms with van der Waals surface area (Å²) in [6.07, 6.45) is 8.16. The lowest BCUT2D eigenvalue weighted by Gasteiger charge is -2.21. The first kappa shape index (κ1) is 20.9. The van der Waals surface area contributed by atoms with Crippen LogP contribution in [0, 0.1) is 11.8 Å². The van der Waals surface area contributed by atoms with Gasteiger partial charge in [-0.2, -0.15) is 0 Å². The molecule has 0 atom stereocenters. The molecule has 0 bridgehead atoms. The summed E-state index contributed by atoms with van der Waals surface area (Å²) >= 11 is 1.66. The summed E-state index contributed by atoms with van der Waals surface area (Å²) in [5.41, 5.74) is 0.962. The Morgan fingerprint density at radius 3 is 2.20 bits per heavy atom. The van der Waals surface area contributed by atoms with Gasteiger partial charge in [0.1, 0.15) is 5.71 Å². The van der Waals surface area contributed by atoms with Crippen molar-refractivity contribution < 1.29 is 14.4 Å². The zero-order valence-electron chi connectivity index (χ0n) is 17.1. The van der Waals surface area contributed by atoms with Gasteiger partial charge in [-0.05, 0) is 61.6 Å². The van der Waals surface area contributed by atoms with Gasteiger partial charge in [-0.3, -0.25) is 4.79 Å². The van der Waals surface area contributed by atoms with E-state index >= 15 is 0 Å². The van der Waals surface area contributed by atoms with E-state index < -0.39 is 0 Å². The lowest BCUT2D eigenvalue weighted by atomic mass is 9.84. The minimum atomic E-state index is -0.307. The van der Waals surface area contributed by atoms with Gasteiger partial charge in [0.2, 0.25) is 5.78 Å². The van der Waals surface area contributed by atoms with Gasteiger partial charge in [-0.1, -0.05) is 67.2 Å². The Kier molecular flexibility index (Phi) is 7.00. The summed E-state index contributed by atoms with van der Waals surface area (Å²) in [6.45, 7) is 0. The SMILES string of the molecule is O=C(/C(CC1CCCCC1)=N/OC(=O)C1CC1)c1ccc(Sc2ccccc2)cc1. The summed E-state index contributed by atoms with van der Waals surface area (Å²) in [6, 6.07) is 17.7. The molecule has 2 saturated carbocycles. The fourth-order valence-electron chi connectivity index (χ4n) is 3.80. The van der Waals surface area contributed by atoms with Crippen LogP contribution < -0.4 is 0 Å². The first-order valence-electron chi connectivity index (χ1n) is 10.8. The number of ketones is 1. The maximum Gasteiger partial charge on any atom is 0.338 e. The number of oxime groups is 1. The summed E-state index contributed by atoms with van der Waals surface area (Å²) in [5, 5.41) is 4.06. The van der Waals surface area contributed by atoms with Crippen LogP contribution in [0.1, 0.15) is 61.7 Å². The van der Waals surface area contributed by atoms with E-state index in [1.54, 1.807) is 11.8 Å². The van der Waals surface area contributed by atoms with Crippen LogP contribution in [0.25, 0.3) is 0 Å². The van der Waals surface area contributed by atoms with Gasteiger partial charge < -0.3 is 4.84 Å². The molecule has 4 nitrogen and oxygen atoms in total. The van der Waals surface area contributed by atoms with Gasteiger partial charge >= 0.3 is 5.97 Å². The lowest BCUT2D eigenvalue weighted by Crippen LogP contribution is -2.21. The molecule has 0 aliphatic heterocycles. The van der Waals surface area contributed by atoms with Crippen LogP contribution in [0.4, 0.5) is 0 Å². The smallest absolute Gasteiger partial charge is 0.318 e. The molecule has 5 heteroatoms. The number of nitrogens with zero attached hydrogens (tertiary/aromatic N) is 1. The Hall–Kier alpha value is -2.40. The number of hydrogen-bond acceptors (Lipinski definition) is 5. The minimum Gasteiger partial charge on any atom is -0.318 e. The second kappa shape index (κ2) is 10.1. The van der Waals surface area contributed by atoms with E-state index in [-0.39, 0.29) is 17.7 Å². The van der Waals surface area contributed by atoms with Crippen molar-refractivity contribution >= 4 is 29.2 Å². The summed E-state index contributed by atoms with van der Waals surface area (Å²) in [4.78, 5) is 32.5. The van der Waals surface area contributed by atoms with Crippen molar-refractivity contribution in [3.05, 3.63) is 60.2 Å². The number of benzene rings is 2. The normalized spacial score (nSPS) is 17.5. The molecule has 2 fully saturated rings. The highest BCUT2D eigenvalue weighted by Crippen LogP contribution is 2.31. The molecular weight excluding hydrogens is 394 g/mol. The fourth-order valence-corrected chi connectivity index (χ4v) is 4.63. The molecule has 2 aliphatic rings. The number of rotatable bonds is 8. The molecule has 2 aromatic carbocycles. The summed E-state index contributed by atoms with van der Waals surface area (Å²) in [5.74, 6) is -0.0398. The molecule has 30 heavy (non-hydrogen) atoms. The molecule has 0 aromatic heterocycles. The average Bonchev–Trinajstić information content (AvgIpc) is 3.63. The van der Waals surface area contributed by atoms with Gasteiger partial charge in [0.25, 0.3) is 0 Å². The predicted octanol–water partition coefficient (Wildman–Crippen LogP) is 6.30. The molecule has 0 amide bonds. The number of Topliss-reactive ketones (excluding diaryl/α,β-unsaturated/α-hetero) is 1. The van der Waals surface area contributed by atoms with Crippen LogP contribution in [-0.2, 0) is 9.63 Å². The van der Waals surface area contributed by atoms with Crippen LogP contribution in [0.3, 0.4) is 0 Å². The second-order valence-corrected chi connectivity index (χ2v) is 9.35. The van der Waals surface area contributed by atoms with Gasteiger partial charge in [-0.15, -0.1) is 0 Å². The molecule has 2 aromatic rings. The van der Waals surface area contributed by atoms with E-state index in [0.29, 0.717) is 23.6 Å². The number of carbonyl (C=O) groups excluding carboxylic acids is 2. The van der Waals surface area contributed by atoms with E-state index in [1.165, 1.54) is 19.3 Å². The summed E-state index contributed by atoms with van der Waals surface area (Å²) in [7, 11) is 0. The van der Waals surface area contributed by atoms with E-state index in [9.17, 15) is 9.59 Å². The maximum atomic E-state index is 13.2. The molecule has 0 unspecified atom stereocenters. The highest BCUT2D eigenvalue weighted by molar-refractivity contribution is 7.99. The molecule has 0 N–H and O–H groups in total. The van der Waals surface area contributed by atoms with Crippen LogP contribution in [-0.4, -0.2) is 17.5 Å². The van der Waals surface area contributed by atoms with Crippen LogP contribution in [0.2, 0.25) is 0 Å². The van der Waals surface area contributed by atoms with Gasteiger partial charge in [0.05, 0.1) is 5.92 Å². The Morgan fingerprint density at radius 1 is 0.867 bits per heavy atom. The first-order valence-corrected chi connectivity index (χ1v) is 11.7. The maximum absolute atomic E-state index is 13.2. The van der Waals surface area contributed by atoms with Crippen LogP contribution >= 0.6 is 11.8 Å². The van der Waals surface area contributed by atoms with E-state index in [0.717, 1.165) is 35.5 Å². The Bertz CT molecular complexity index is 898. The van der Waals surface area contributed by atoms with Crippen molar-refractivity contribution in [3.8, 4) is 0 Å². The van der Waals surface area contributed by atoms with E-state index in [1.807, 2.05) is 42.5 Å². The van der Waals surface area contributed by atoms with Gasteiger partial charge in [0, 0.05) is 15.4 Å². The number of hydrogen-bond donors (Lipinski definition) is 0. The van der Waals surface area contributed by atoms with E-state index in [4.69, 9.17) is 4.84 Å². The van der Waals surface area contributed by atoms with Crippen molar-refractivity contribution in [2.24, 2.45) is 17.0 Å². The Balaban J connectivity index is 1.46. The van der Waals surface area contributed by atoms with Crippen molar-refractivity contribution in [3.63, 3.8) is 0 Å². The zero-order chi connectivity index (χ0) is 20.8. The Morgan fingerprint density at radius 2 is 1.53 bits per heavy atom. The van der Waals surface area contributed by atoms with Crippen molar-refractivity contribution in [1.82, 2.24) is 0 Å². The predicted molar refractivity (Wildman–Crippen MR) is 119 cm³/mol. The quantitative estimate of drug-likeness (QED) is 0.217. The monoisotopic (exact) mass is 421 g/mol. The van der Waals surface area contributed by atoms with Crippen molar-refractivity contribution in [2.45, 2.75) is 61.2 Å². The molecule has 0 saturated heterocycles. The molecule has 0 spiro atoms. The van der Waals surface area contributed by atoms with Gasteiger partial charge in [-0.25, -0.2) is 4.79 Å². The third kappa shape index (κ3) is 5.82. The highest BCUT2D eigenvalue weighted by atomic mass is 32.2. The fraction of sp³-hybridized carbons (Fsp3) is 0.400. The molecule has 4 rings (SSSR count). The molecule has 0 radical (unpaired) electrons. The third-order valence-corrected chi connectivity index (χ3v) is 6.74.